The maximum Gasteiger partial charge on any atom is 0.411 e. The highest BCUT2D eigenvalue weighted by molar-refractivity contribution is 7.89. The number of benzene rings is 2. The quantitative estimate of drug-likeness (QED) is 0.221. The fourth-order valence-corrected chi connectivity index (χ4v) is 7.07. The molecule has 13 heteroatoms. The van der Waals surface area contributed by atoms with Gasteiger partial charge in [-0.15, -0.1) is 11.3 Å². The van der Waals surface area contributed by atoms with Gasteiger partial charge in [-0.3, -0.25) is 5.32 Å². The summed E-state index contributed by atoms with van der Waals surface area (Å²) < 4.78 is 34.9. The van der Waals surface area contributed by atoms with Gasteiger partial charge in [0.15, 0.2) is 0 Å². The number of thiazole rings is 1. The van der Waals surface area contributed by atoms with Crippen molar-refractivity contribution in [2.24, 2.45) is 5.92 Å². The number of sulfonamides is 1. The second-order valence-corrected chi connectivity index (χ2v) is 14.1. The summed E-state index contributed by atoms with van der Waals surface area (Å²) in [5.41, 5.74) is 1.49. The van der Waals surface area contributed by atoms with Gasteiger partial charge in [-0.05, 0) is 96.4 Å². The lowest BCUT2D eigenvalue weighted by atomic mass is 10.1. The highest BCUT2D eigenvalue weighted by Gasteiger charge is 2.27. The number of carbonyl (C=O) groups is 2. The third-order valence-electron chi connectivity index (χ3n) is 6.18. The number of hydrogen-bond acceptors (Lipinski definition) is 8. The summed E-state index contributed by atoms with van der Waals surface area (Å²) in [5.74, 6) is 0.374. The van der Waals surface area contributed by atoms with Gasteiger partial charge in [-0.2, -0.15) is 0 Å². The van der Waals surface area contributed by atoms with E-state index < -0.39 is 27.7 Å². The Hall–Kier alpha value is -3.52. The highest BCUT2D eigenvalue weighted by Crippen LogP contribution is 2.37. The smallest absolute Gasteiger partial charge is 0.411 e. The molecule has 0 radical (unpaired) electrons. The molecule has 1 aliphatic rings. The summed E-state index contributed by atoms with van der Waals surface area (Å²) in [6.45, 7) is 11.2. The summed E-state index contributed by atoms with van der Waals surface area (Å²) in [7, 11) is -3.96. The Balaban J connectivity index is 1.57. The molecule has 1 fully saturated rings. The first-order valence-corrected chi connectivity index (χ1v) is 16.1. The molecular formula is C29H38N6O5S2. The van der Waals surface area contributed by atoms with E-state index in [-0.39, 0.29) is 11.0 Å². The maximum atomic E-state index is 13.5. The van der Waals surface area contributed by atoms with E-state index in [1.807, 2.05) is 12.1 Å². The maximum absolute atomic E-state index is 13.5. The van der Waals surface area contributed by atoms with Crippen molar-refractivity contribution in [1.29, 1.82) is 0 Å². The fraction of sp³-hybridized carbons (Fsp3) is 0.414. The minimum absolute atomic E-state index is 0.0358. The van der Waals surface area contributed by atoms with Crippen molar-refractivity contribution >= 4 is 44.9 Å². The van der Waals surface area contributed by atoms with Crippen molar-refractivity contribution in [2.45, 2.75) is 57.6 Å². The number of anilines is 2. The fourth-order valence-electron chi connectivity index (χ4n) is 4.37. The van der Waals surface area contributed by atoms with E-state index in [1.165, 1.54) is 17.4 Å². The van der Waals surface area contributed by atoms with E-state index >= 15 is 0 Å². The van der Waals surface area contributed by atoms with Crippen LogP contribution in [-0.4, -0.2) is 56.8 Å². The first-order valence-electron chi connectivity index (χ1n) is 13.8. The number of carbonyl (C=O) groups excluding carboxylic acids is 2. The van der Waals surface area contributed by atoms with Crippen molar-refractivity contribution < 1.29 is 22.7 Å². The van der Waals surface area contributed by atoms with Crippen LogP contribution >= 0.6 is 11.3 Å². The molecule has 11 nitrogen and oxygen atoms in total. The Morgan fingerprint density at radius 2 is 1.81 bits per heavy atom. The van der Waals surface area contributed by atoms with E-state index in [2.05, 4.69) is 31.0 Å². The topological polar surface area (TPSA) is 151 Å². The summed E-state index contributed by atoms with van der Waals surface area (Å²) in [5, 5.41) is 12.3. The Bertz CT molecular complexity index is 1510. The van der Waals surface area contributed by atoms with Gasteiger partial charge >= 0.3 is 12.1 Å². The lowest BCUT2D eigenvalue weighted by Gasteiger charge is -2.22. The largest absolute Gasteiger partial charge is 0.447 e. The van der Waals surface area contributed by atoms with Crippen LogP contribution in [-0.2, 0) is 14.8 Å². The second kappa shape index (κ2) is 13.2. The molecule has 0 aliphatic carbocycles. The molecule has 42 heavy (non-hydrogen) atoms. The summed E-state index contributed by atoms with van der Waals surface area (Å²) in [4.78, 5) is 29.6. The Morgan fingerprint density at radius 3 is 2.45 bits per heavy atom. The van der Waals surface area contributed by atoms with Gasteiger partial charge < -0.3 is 20.7 Å². The molecule has 0 saturated carbocycles. The Labute approximate surface area is 250 Å². The normalized spacial score (nSPS) is 15.4. The van der Waals surface area contributed by atoms with Crippen molar-refractivity contribution in [2.75, 3.05) is 30.3 Å². The van der Waals surface area contributed by atoms with E-state index in [4.69, 9.17) is 4.74 Å². The molecular weight excluding hydrogens is 576 g/mol. The molecule has 1 atom stereocenters. The van der Waals surface area contributed by atoms with Crippen LogP contribution in [0.5, 0.6) is 0 Å². The molecule has 5 N–H and O–H groups in total. The molecule has 3 aromatic rings. The second-order valence-electron chi connectivity index (χ2n) is 11.4. The molecule has 1 aromatic heterocycles. The molecule has 4 rings (SSSR count). The molecule has 2 aromatic carbocycles. The average molecular weight is 615 g/mol. The third kappa shape index (κ3) is 8.74. The van der Waals surface area contributed by atoms with E-state index in [0.717, 1.165) is 25.1 Å². The van der Waals surface area contributed by atoms with Gasteiger partial charge in [0.1, 0.15) is 5.01 Å². The molecule has 3 amide bonds. The van der Waals surface area contributed by atoms with Gasteiger partial charge in [0.05, 0.1) is 15.9 Å². The van der Waals surface area contributed by atoms with Crippen LogP contribution in [0, 0.1) is 5.92 Å². The van der Waals surface area contributed by atoms with Crippen LogP contribution < -0.4 is 26.0 Å². The monoisotopic (exact) mass is 614 g/mol. The summed E-state index contributed by atoms with van der Waals surface area (Å²) in [6, 6.07) is 11.6. The third-order valence-corrected chi connectivity index (χ3v) is 9.05. The van der Waals surface area contributed by atoms with Gasteiger partial charge in [-0.25, -0.2) is 27.7 Å². The minimum Gasteiger partial charge on any atom is -0.447 e. The number of nitrogens with zero attached hydrogens (tertiary/aromatic N) is 1. The molecule has 0 spiro atoms. The van der Waals surface area contributed by atoms with Crippen LogP contribution in [0.1, 0.15) is 41.0 Å². The van der Waals surface area contributed by atoms with Crippen LogP contribution in [0.4, 0.5) is 21.0 Å². The van der Waals surface area contributed by atoms with E-state index in [0.29, 0.717) is 39.3 Å². The van der Waals surface area contributed by atoms with Gasteiger partial charge in [0.25, 0.3) is 0 Å². The standard InChI is InChI=1S/C29H38N6O5S2/c1-18(2)40-28(37)34-21-8-6-20(7-9-21)26-31-17-24(41-26)23-11-10-22(14-25(23)42(38,39)35-29(3,4)5)33-27(36)32-16-19-12-13-30-15-19/h6-11,14,17-19,30,35H,12-13,15-16H2,1-5H3,(H,34,37)(H2,32,33,36). The molecule has 1 aliphatic heterocycles. The predicted octanol–water partition coefficient (Wildman–Crippen LogP) is 5.24. The summed E-state index contributed by atoms with van der Waals surface area (Å²) in [6.07, 6.45) is 1.87. The zero-order valence-corrected chi connectivity index (χ0v) is 26.0. The predicted molar refractivity (Wildman–Crippen MR) is 166 cm³/mol. The Kier molecular flexibility index (Phi) is 9.87. The zero-order chi connectivity index (χ0) is 30.5. The minimum atomic E-state index is -3.96. The van der Waals surface area contributed by atoms with Crippen LogP contribution in [0.3, 0.4) is 0 Å². The van der Waals surface area contributed by atoms with Crippen molar-refractivity contribution in [3.8, 4) is 21.0 Å². The number of rotatable bonds is 9. The number of amides is 3. The number of ether oxygens (including phenoxy) is 1. The van der Waals surface area contributed by atoms with E-state index in [9.17, 15) is 18.0 Å². The summed E-state index contributed by atoms with van der Waals surface area (Å²) >= 11 is 1.34. The zero-order valence-electron chi connectivity index (χ0n) is 24.4. The molecule has 1 saturated heterocycles. The van der Waals surface area contributed by atoms with Gasteiger partial charge in [0.2, 0.25) is 10.0 Å². The molecule has 1 unspecified atom stereocenters. The van der Waals surface area contributed by atoms with Crippen molar-refractivity contribution in [3.05, 3.63) is 48.7 Å². The van der Waals surface area contributed by atoms with Gasteiger partial charge in [0, 0.05) is 40.8 Å². The first kappa shape index (κ1) is 31.4. The molecule has 226 valence electrons. The number of hydrogen-bond donors (Lipinski definition) is 5. The SMILES string of the molecule is CC(C)OC(=O)Nc1ccc(-c2ncc(-c3ccc(NC(=O)NCC4CCNC4)cc3S(=O)(=O)NC(C)(C)C)s2)cc1. The Morgan fingerprint density at radius 1 is 1.10 bits per heavy atom. The molecule has 2 heterocycles. The van der Waals surface area contributed by atoms with Gasteiger partial charge in [-0.1, -0.05) is 6.07 Å². The first-order chi connectivity index (χ1) is 19.8. The highest BCUT2D eigenvalue weighted by atomic mass is 32.2. The number of aromatic nitrogens is 1. The van der Waals surface area contributed by atoms with Crippen molar-refractivity contribution in [3.63, 3.8) is 0 Å². The lowest BCUT2D eigenvalue weighted by molar-refractivity contribution is 0.130. The van der Waals surface area contributed by atoms with Crippen molar-refractivity contribution in [1.82, 2.24) is 20.3 Å². The van der Waals surface area contributed by atoms with Crippen LogP contribution in [0.2, 0.25) is 0 Å². The lowest BCUT2D eigenvalue weighted by Crippen LogP contribution is -2.40. The number of nitrogens with one attached hydrogen (secondary N) is 5. The van der Waals surface area contributed by atoms with Crippen LogP contribution in [0.15, 0.2) is 53.6 Å². The van der Waals surface area contributed by atoms with E-state index in [1.54, 1.807) is 65.1 Å². The average Bonchev–Trinajstić information content (AvgIpc) is 3.59. The van der Waals surface area contributed by atoms with Crippen LogP contribution in [0.25, 0.3) is 21.0 Å². The number of urea groups is 1. The molecule has 0 bridgehead atoms.